The number of amides is 1. The standard InChI is InChI=1S/C46H91N2O7P/c1-3-5-7-9-11-13-15-17-18-19-20-21-22-23-24-26-27-29-31-33-35-37-43(49)41-46(51)48-44(42-55-56(52,53)54-40-39-47)45(50)38-36-34-32-30-28-25-16-14-12-10-8-6-4-2/h28,30,36,38,43-45,49-50H,3-27,29,31-35,37,39-42,47H2,1-2H3,(H,48,51)(H,52,53)/b30-28+,38-36+. The number of unbranched alkanes of at least 4 members (excludes halogenated alkanes) is 28. The van der Waals surface area contributed by atoms with Gasteiger partial charge in [0, 0.05) is 6.54 Å². The Bertz CT molecular complexity index is 950. The van der Waals surface area contributed by atoms with Crippen molar-refractivity contribution >= 4 is 13.7 Å². The number of allylic oxidation sites excluding steroid dienone is 3. The van der Waals surface area contributed by atoms with E-state index in [-0.39, 0.29) is 19.6 Å². The van der Waals surface area contributed by atoms with Crippen LogP contribution in [-0.2, 0) is 18.4 Å². The zero-order valence-corrected chi connectivity index (χ0v) is 37.4. The SMILES string of the molecule is CCCCCCCCC/C=C/CC/C=C/C(O)C(COP(=O)(O)OCCN)NC(=O)CC(O)CCCCCCCCCCCCCCCCCCCCCCC. The van der Waals surface area contributed by atoms with Gasteiger partial charge in [0.15, 0.2) is 0 Å². The van der Waals surface area contributed by atoms with E-state index in [0.29, 0.717) is 12.8 Å². The highest BCUT2D eigenvalue weighted by Gasteiger charge is 2.27. The number of nitrogens with two attached hydrogens (primary N) is 1. The molecule has 1 amide bonds. The normalized spacial score (nSPS) is 14.8. The summed E-state index contributed by atoms with van der Waals surface area (Å²) in [6.45, 7) is 3.96. The molecule has 0 aromatic rings. The molecule has 0 bridgehead atoms. The van der Waals surface area contributed by atoms with E-state index in [1.165, 1.54) is 161 Å². The topological polar surface area (TPSA) is 151 Å². The van der Waals surface area contributed by atoms with Crippen LogP contribution in [0.25, 0.3) is 0 Å². The van der Waals surface area contributed by atoms with Crippen molar-refractivity contribution in [1.82, 2.24) is 5.32 Å². The van der Waals surface area contributed by atoms with Gasteiger partial charge in [-0.05, 0) is 32.1 Å². The molecule has 0 aliphatic heterocycles. The smallest absolute Gasteiger partial charge is 0.393 e. The largest absolute Gasteiger partial charge is 0.472 e. The van der Waals surface area contributed by atoms with Crippen LogP contribution in [0.3, 0.4) is 0 Å². The predicted molar refractivity (Wildman–Crippen MR) is 237 cm³/mol. The summed E-state index contributed by atoms with van der Waals surface area (Å²) in [5.74, 6) is -0.453. The van der Waals surface area contributed by atoms with E-state index in [4.69, 9.17) is 14.8 Å². The Hall–Kier alpha value is -1.06. The summed E-state index contributed by atoms with van der Waals surface area (Å²) in [5.41, 5.74) is 5.36. The van der Waals surface area contributed by atoms with Crippen LogP contribution in [0.1, 0.15) is 226 Å². The van der Waals surface area contributed by atoms with Crippen molar-refractivity contribution in [1.29, 1.82) is 0 Å². The Kier molecular flexibility index (Phi) is 41.3. The third kappa shape index (κ3) is 39.8. The van der Waals surface area contributed by atoms with Gasteiger partial charge in [0.05, 0.1) is 37.9 Å². The number of aliphatic hydroxyl groups is 2. The Balaban J connectivity index is 4.19. The molecule has 6 N–H and O–H groups in total. The van der Waals surface area contributed by atoms with E-state index in [1.54, 1.807) is 6.08 Å². The summed E-state index contributed by atoms with van der Waals surface area (Å²) >= 11 is 0. The minimum Gasteiger partial charge on any atom is -0.393 e. The van der Waals surface area contributed by atoms with Gasteiger partial charge in [-0.3, -0.25) is 13.8 Å². The van der Waals surface area contributed by atoms with Crippen molar-refractivity contribution in [2.45, 2.75) is 244 Å². The van der Waals surface area contributed by atoms with Crippen LogP contribution in [0, 0.1) is 0 Å². The molecule has 0 aromatic carbocycles. The van der Waals surface area contributed by atoms with Crippen molar-refractivity contribution in [2.24, 2.45) is 5.73 Å². The van der Waals surface area contributed by atoms with Gasteiger partial charge in [-0.1, -0.05) is 212 Å². The monoisotopic (exact) mass is 815 g/mol. The van der Waals surface area contributed by atoms with Crippen LogP contribution < -0.4 is 11.1 Å². The summed E-state index contributed by atoms with van der Waals surface area (Å²) in [6, 6.07) is -0.995. The first-order valence-electron chi connectivity index (χ1n) is 23.5. The highest BCUT2D eigenvalue weighted by atomic mass is 31.2. The molecular weight excluding hydrogens is 723 g/mol. The van der Waals surface area contributed by atoms with Gasteiger partial charge in [-0.15, -0.1) is 0 Å². The van der Waals surface area contributed by atoms with E-state index in [1.807, 2.05) is 6.08 Å². The van der Waals surface area contributed by atoms with Gasteiger partial charge >= 0.3 is 7.82 Å². The molecule has 4 atom stereocenters. The van der Waals surface area contributed by atoms with Crippen molar-refractivity contribution in [3.8, 4) is 0 Å². The molecule has 9 nitrogen and oxygen atoms in total. The average Bonchev–Trinajstić information content (AvgIpc) is 3.17. The fourth-order valence-electron chi connectivity index (χ4n) is 7.02. The Morgan fingerprint density at radius 3 is 1.48 bits per heavy atom. The Morgan fingerprint density at radius 1 is 0.607 bits per heavy atom. The van der Waals surface area contributed by atoms with Gasteiger partial charge in [-0.25, -0.2) is 4.57 Å². The summed E-state index contributed by atoms with van der Waals surface area (Å²) < 4.78 is 22.1. The molecule has 0 heterocycles. The minimum atomic E-state index is -4.40. The van der Waals surface area contributed by atoms with Gasteiger partial charge in [0.25, 0.3) is 0 Å². The van der Waals surface area contributed by atoms with Crippen molar-refractivity contribution in [3.63, 3.8) is 0 Å². The highest BCUT2D eigenvalue weighted by Crippen LogP contribution is 2.43. The average molecular weight is 815 g/mol. The second kappa shape index (κ2) is 42.1. The van der Waals surface area contributed by atoms with E-state index in [2.05, 4.69) is 31.3 Å². The van der Waals surface area contributed by atoms with Gasteiger partial charge in [-0.2, -0.15) is 0 Å². The molecule has 0 saturated carbocycles. The maximum Gasteiger partial charge on any atom is 0.472 e. The molecule has 0 spiro atoms. The third-order valence-electron chi connectivity index (χ3n) is 10.6. The van der Waals surface area contributed by atoms with E-state index in [9.17, 15) is 24.5 Å². The lowest BCUT2D eigenvalue weighted by Gasteiger charge is -2.24. The Labute approximate surface area is 345 Å². The molecule has 0 saturated heterocycles. The molecule has 0 rings (SSSR count). The van der Waals surface area contributed by atoms with E-state index in [0.717, 1.165) is 32.1 Å². The fourth-order valence-corrected chi connectivity index (χ4v) is 7.78. The van der Waals surface area contributed by atoms with Crippen LogP contribution in [0.2, 0.25) is 0 Å². The number of hydrogen-bond donors (Lipinski definition) is 5. The Morgan fingerprint density at radius 2 is 1.02 bits per heavy atom. The summed E-state index contributed by atoms with van der Waals surface area (Å²) in [7, 11) is -4.40. The molecular formula is C46H91N2O7P. The quantitative estimate of drug-likeness (QED) is 0.0232. The fraction of sp³-hybridized carbons (Fsp3) is 0.891. The van der Waals surface area contributed by atoms with Gasteiger partial charge < -0.3 is 26.2 Å². The molecule has 0 radical (unpaired) electrons. The molecule has 332 valence electrons. The maximum absolute atomic E-state index is 12.8. The van der Waals surface area contributed by atoms with Gasteiger partial charge in [0.2, 0.25) is 5.91 Å². The van der Waals surface area contributed by atoms with Crippen LogP contribution >= 0.6 is 7.82 Å². The maximum atomic E-state index is 12.8. The highest BCUT2D eigenvalue weighted by molar-refractivity contribution is 7.47. The number of phosphoric ester groups is 1. The number of rotatable bonds is 44. The first-order chi connectivity index (χ1) is 27.3. The molecule has 0 fully saturated rings. The number of carbonyl (C=O) groups excluding carboxylic acids is 1. The lowest BCUT2D eigenvalue weighted by Crippen LogP contribution is -2.46. The van der Waals surface area contributed by atoms with Crippen LogP contribution in [0.4, 0.5) is 0 Å². The van der Waals surface area contributed by atoms with Crippen LogP contribution in [0.5, 0.6) is 0 Å². The van der Waals surface area contributed by atoms with Crippen molar-refractivity contribution in [2.75, 3.05) is 19.8 Å². The lowest BCUT2D eigenvalue weighted by atomic mass is 10.0. The number of aliphatic hydroxyl groups excluding tert-OH is 2. The van der Waals surface area contributed by atoms with E-state index < -0.39 is 38.6 Å². The predicted octanol–water partition coefficient (Wildman–Crippen LogP) is 12.3. The second-order valence-corrected chi connectivity index (χ2v) is 17.6. The zero-order chi connectivity index (χ0) is 41.2. The summed E-state index contributed by atoms with van der Waals surface area (Å²) in [5, 5.41) is 24.1. The second-order valence-electron chi connectivity index (χ2n) is 16.2. The lowest BCUT2D eigenvalue weighted by molar-refractivity contribution is -0.124. The van der Waals surface area contributed by atoms with Crippen LogP contribution in [-0.4, -0.2) is 59.0 Å². The summed E-state index contributed by atoms with van der Waals surface area (Å²) in [6.07, 6.45) is 45.6. The van der Waals surface area contributed by atoms with Crippen LogP contribution in [0.15, 0.2) is 24.3 Å². The number of nitrogens with one attached hydrogen (secondary N) is 1. The molecule has 0 aliphatic rings. The molecule has 56 heavy (non-hydrogen) atoms. The van der Waals surface area contributed by atoms with Crippen molar-refractivity contribution < 1.29 is 33.5 Å². The zero-order valence-electron chi connectivity index (χ0n) is 36.5. The molecule has 4 unspecified atom stereocenters. The molecule has 0 aromatic heterocycles. The first kappa shape index (κ1) is 54.9. The third-order valence-corrected chi connectivity index (χ3v) is 11.6. The molecule has 0 aliphatic carbocycles. The minimum absolute atomic E-state index is 0.0460. The van der Waals surface area contributed by atoms with E-state index >= 15 is 0 Å². The molecule has 10 heteroatoms. The van der Waals surface area contributed by atoms with Gasteiger partial charge in [0.1, 0.15) is 0 Å². The number of hydrogen-bond acceptors (Lipinski definition) is 7. The number of carbonyl (C=O) groups is 1. The van der Waals surface area contributed by atoms with Crippen molar-refractivity contribution in [3.05, 3.63) is 24.3 Å². The number of phosphoric acid groups is 1. The first-order valence-corrected chi connectivity index (χ1v) is 25.0. The summed E-state index contributed by atoms with van der Waals surface area (Å²) in [4.78, 5) is 22.8.